The minimum atomic E-state index is -1.31. The summed E-state index contributed by atoms with van der Waals surface area (Å²) >= 11 is 0. The SMILES string of the molecule is C=CC(=O)N(CC1(C(=O)OCC)CCCC1=O)c1ccc(OC)cc1. The van der Waals surface area contributed by atoms with Crippen molar-refractivity contribution in [3.05, 3.63) is 36.9 Å². The van der Waals surface area contributed by atoms with Crippen LogP contribution in [-0.2, 0) is 19.1 Å². The van der Waals surface area contributed by atoms with E-state index in [-0.39, 0.29) is 24.8 Å². The van der Waals surface area contributed by atoms with Crippen molar-refractivity contribution < 1.29 is 23.9 Å². The number of Topliss-reactive ketones (excluding diaryl/α,β-unsaturated/α-hetero) is 1. The first-order chi connectivity index (χ1) is 12.0. The standard InChI is InChI=1S/C19H23NO5/c1-4-17(22)20(14-8-10-15(24-3)11-9-14)13-19(18(23)25-5-2)12-6-7-16(19)21/h4,8-11H,1,5-7,12-13H2,2-3H3. The molecule has 25 heavy (non-hydrogen) atoms. The van der Waals surface area contributed by atoms with Gasteiger partial charge in [0.05, 0.1) is 13.7 Å². The fraction of sp³-hybridized carbons (Fsp3) is 0.421. The van der Waals surface area contributed by atoms with Gasteiger partial charge in [-0.25, -0.2) is 0 Å². The Bertz CT molecular complexity index is 667. The van der Waals surface area contributed by atoms with Crippen molar-refractivity contribution in [3.8, 4) is 5.75 Å². The smallest absolute Gasteiger partial charge is 0.321 e. The van der Waals surface area contributed by atoms with Crippen LogP contribution in [-0.4, -0.2) is 37.9 Å². The number of hydrogen-bond donors (Lipinski definition) is 0. The lowest BCUT2D eigenvalue weighted by molar-refractivity contribution is -0.158. The number of methoxy groups -OCH3 is 1. The molecule has 1 aliphatic rings. The van der Waals surface area contributed by atoms with E-state index in [1.54, 1.807) is 38.3 Å². The van der Waals surface area contributed by atoms with Gasteiger partial charge in [-0.1, -0.05) is 6.58 Å². The lowest BCUT2D eigenvalue weighted by Crippen LogP contribution is -2.48. The summed E-state index contributed by atoms with van der Waals surface area (Å²) in [5.41, 5.74) is -0.747. The highest BCUT2D eigenvalue weighted by molar-refractivity contribution is 6.08. The molecule has 1 unspecified atom stereocenters. The summed E-state index contributed by atoms with van der Waals surface area (Å²) in [5.74, 6) is -0.477. The van der Waals surface area contributed by atoms with Crippen LogP contribution in [0.3, 0.4) is 0 Å². The third kappa shape index (κ3) is 3.73. The van der Waals surface area contributed by atoms with E-state index in [0.717, 1.165) is 0 Å². The molecule has 1 aromatic rings. The van der Waals surface area contributed by atoms with Gasteiger partial charge in [-0.15, -0.1) is 0 Å². The van der Waals surface area contributed by atoms with Gasteiger partial charge < -0.3 is 14.4 Å². The molecule has 6 nitrogen and oxygen atoms in total. The van der Waals surface area contributed by atoms with Crippen LogP contribution in [0.15, 0.2) is 36.9 Å². The molecule has 134 valence electrons. The molecule has 6 heteroatoms. The van der Waals surface area contributed by atoms with Gasteiger partial charge in [0.2, 0.25) is 5.91 Å². The lowest BCUT2D eigenvalue weighted by Gasteiger charge is -2.32. The van der Waals surface area contributed by atoms with Gasteiger partial charge in [0.15, 0.2) is 5.78 Å². The molecule has 1 atom stereocenters. The third-order valence-electron chi connectivity index (χ3n) is 4.46. The molecule has 0 bridgehead atoms. The molecule has 0 saturated heterocycles. The molecule has 0 N–H and O–H groups in total. The number of ether oxygens (including phenoxy) is 2. The van der Waals surface area contributed by atoms with E-state index in [1.165, 1.54) is 11.0 Å². The second-order valence-electron chi connectivity index (χ2n) is 5.91. The lowest BCUT2D eigenvalue weighted by atomic mass is 9.84. The summed E-state index contributed by atoms with van der Waals surface area (Å²) in [7, 11) is 1.55. The summed E-state index contributed by atoms with van der Waals surface area (Å²) in [6.45, 7) is 5.35. The molecule has 0 radical (unpaired) electrons. The number of anilines is 1. The summed E-state index contributed by atoms with van der Waals surface area (Å²) in [4.78, 5) is 38.8. The van der Waals surface area contributed by atoms with Gasteiger partial charge in [0.1, 0.15) is 11.2 Å². The Morgan fingerprint density at radius 3 is 2.48 bits per heavy atom. The Labute approximate surface area is 147 Å². The molecule has 0 heterocycles. The average Bonchev–Trinajstić information content (AvgIpc) is 3.01. The van der Waals surface area contributed by atoms with Gasteiger partial charge in [-0.2, -0.15) is 0 Å². The van der Waals surface area contributed by atoms with Gasteiger partial charge in [-0.3, -0.25) is 14.4 Å². The van der Waals surface area contributed by atoms with Crippen LogP contribution in [0.5, 0.6) is 5.75 Å². The van der Waals surface area contributed by atoms with Crippen molar-refractivity contribution in [2.24, 2.45) is 5.41 Å². The molecule has 1 amide bonds. The highest BCUT2D eigenvalue weighted by Crippen LogP contribution is 2.38. The average molecular weight is 345 g/mol. The molecule has 1 aliphatic carbocycles. The van der Waals surface area contributed by atoms with Gasteiger partial charge in [0, 0.05) is 18.7 Å². The number of benzene rings is 1. The van der Waals surface area contributed by atoms with E-state index < -0.39 is 11.4 Å². The minimum Gasteiger partial charge on any atom is -0.497 e. The summed E-state index contributed by atoms with van der Waals surface area (Å²) in [6.07, 6.45) is 2.47. The van der Waals surface area contributed by atoms with Gasteiger partial charge in [-0.05, 0) is 50.1 Å². The minimum absolute atomic E-state index is 0.0537. The van der Waals surface area contributed by atoms with Crippen molar-refractivity contribution in [3.63, 3.8) is 0 Å². The summed E-state index contributed by atoms with van der Waals surface area (Å²) in [5, 5.41) is 0. The first-order valence-electron chi connectivity index (χ1n) is 8.27. The number of amides is 1. The predicted octanol–water partition coefficient (Wildman–Crippen LogP) is 2.52. The molecule has 1 fully saturated rings. The van der Waals surface area contributed by atoms with Crippen LogP contribution in [0.2, 0.25) is 0 Å². The van der Waals surface area contributed by atoms with E-state index in [1.807, 2.05) is 0 Å². The maximum atomic E-state index is 12.5. The second kappa shape index (κ2) is 7.96. The molecule has 2 rings (SSSR count). The number of hydrogen-bond acceptors (Lipinski definition) is 5. The van der Waals surface area contributed by atoms with Crippen molar-refractivity contribution in [2.75, 3.05) is 25.2 Å². The molecule has 0 aromatic heterocycles. The number of rotatable bonds is 7. The van der Waals surface area contributed by atoms with E-state index in [9.17, 15) is 14.4 Å². The monoisotopic (exact) mass is 345 g/mol. The molecule has 1 saturated carbocycles. The van der Waals surface area contributed by atoms with E-state index in [4.69, 9.17) is 9.47 Å². The fourth-order valence-electron chi connectivity index (χ4n) is 3.09. The van der Waals surface area contributed by atoms with Crippen LogP contribution in [0, 0.1) is 5.41 Å². The Kier molecular flexibility index (Phi) is 5.96. The highest BCUT2D eigenvalue weighted by Gasteiger charge is 2.51. The number of ketones is 1. The zero-order valence-corrected chi connectivity index (χ0v) is 14.6. The van der Waals surface area contributed by atoms with Crippen LogP contribution in [0.1, 0.15) is 26.2 Å². The topological polar surface area (TPSA) is 72.9 Å². The molecule has 1 aromatic carbocycles. The normalized spacial score (nSPS) is 19.4. The predicted molar refractivity (Wildman–Crippen MR) is 93.5 cm³/mol. The summed E-state index contributed by atoms with van der Waals surface area (Å²) < 4.78 is 10.3. The molecular weight excluding hydrogens is 322 g/mol. The first-order valence-corrected chi connectivity index (χ1v) is 8.27. The Morgan fingerprint density at radius 1 is 1.32 bits per heavy atom. The van der Waals surface area contributed by atoms with Gasteiger partial charge >= 0.3 is 5.97 Å². The van der Waals surface area contributed by atoms with Gasteiger partial charge in [0.25, 0.3) is 0 Å². The quantitative estimate of drug-likeness (QED) is 0.431. The molecule has 0 spiro atoms. The van der Waals surface area contributed by atoms with Crippen molar-refractivity contribution in [1.82, 2.24) is 0 Å². The Morgan fingerprint density at radius 2 is 2.00 bits per heavy atom. The zero-order valence-electron chi connectivity index (χ0n) is 14.6. The first kappa shape index (κ1) is 18.7. The van der Waals surface area contributed by atoms with E-state index in [0.29, 0.717) is 30.7 Å². The van der Waals surface area contributed by atoms with Crippen LogP contribution in [0.25, 0.3) is 0 Å². The third-order valence-corrected chi connectivity index (χ3v) is 4.46. The zero-order chi connectivity index (χ0) is 18.4. The van der Waals surface area contributed by atoms with E-state index in [2.05, 4.69) is 6.58 Å². The summed E-state index contributed by atoms with van der Waals surface area (Å²) in [6, 6.07) is 6.84. The highest BCUT2D eigenvalue weighted by atomic mass is 16.5. The fourth-order valence-corrected chi connectivity index (χ4v) is 3.09. The molecular formula is C19H23NO5. The second-order valence-corrected chi connectivity index (χ2v) is 5.91. The number of esters is 1. The maximum Gasteiger partial charge on any atom is 0.321 e. The number of carbonyl (C=O) groups excluding carboxylic acids is 3. The molecule has 0 aliphatic heterocycles. The largest absolute Gasteiger partial charge is 0.497 e. The number of carbonyl (C=O) groups is 3. The number of nitrogens with zero attached hydrogens (tertiary/aromatic N) is 1. The Hall–Kier alpha value is -2.63. The Balaban J connectivity index is 2.39. The van der Waals surface area contributed by atoms with Crippen molar-refractivity contribution in [1.29, 1.82) is 0 Å². The van der Waals surface area contributed by atoms with E-state index >= 15 is 0 Å². The van der Waals surface area contributed by atoms with Crippen LogP contribution >= 0.6 is 0 Å². The maximum absolute atomic E-state index is 12.5. The van der Waals surface area contributed by atoms with Crippen LogP contribution < -0.4 is 9.64 Å². The van der Waals surface area contributed by atoms with Crippen LogP contribution in [0.4, 0.5) is 5.69 Å². The van der Waals surface area contributed by atoms with Crippen molar-refractivity contribution in [2.45, 2.75) is 26.2 Å². The van der Waals surface area contributed by atoms with Crippen molar-refractivity contribution >= 4 is 23.3 Å².